The van der Waals surface area contributed by atoms with Gasteiger partial charge in [-0.3, -0.25) is 14.4 Å². The van der Waals surface area contributed by atoms with E-state index in [9.17, 15) is 14.4 Å². The number of rotatable bonds is 41. The van der Waals surface area contributed by atoms with E-state index in [2.05, 4.69) is 27.7 Å². The van der Waals surface area contributed by atoms with Crippen molar-refractivity contribution in [2.24, 2.45) is 5.92 Å². The molecule has 0 amide bonds. The van der Waals surface area contributed by atoms with Crippen LogP contribution in [0, 0.1) is 5.92 Å². The van der Waals surface area contributed by atoms with E-state index >= 15 is 0 Å². The van der Waals surface area contributed by atoms with Gasteiger partial charge in [-0.2, -0.15) is 0 Å². The van der Waals surface area contributed by atoms with E-state index in [0.717, 1.165) is 70.1 Å². The molecule has 0 N–H and O–H groups in total. The number of unbranched alkanes of at least 4 members (excludes halogenated alkanes) is 28. The Morgan fingerprint density at radius 1 is 0.365 bits per heavy atom. The smallest absolute Gasteiger partial charge is 0.306 e. The second-order valence-corrected chi connectivity index (χ2v) is 16.2. The minimum absolute atomic E-state index is 0.0653. The Morgan fingerprint density at radius 3 is 0.942 bits per heavy atom. The van der Waals surface area contributed by atoms with Crippen LogP contribution in [0.1, 0.15) is 252 Å². The lowest BCUT2D eigenvalue weighted by molar-refractivity contribution is -0.167. The molecule has 0 saturated heterocycles. The second-order valence-electron chi connectivity index (χ2n) is 16.2. The fraction of sp³-hybridized carbons (Fsp3) is 0.935. The van der Waals surface area contributed by atoms with Gasteiger partial charge >= 0.3 is 17.9 Å². The Morgan fingerprint density at radius 2 is 0.635 bits per heavy atom. The Kier molecular flexibility index (Phi) is 39.4. The first-order valence-electron chi connectivity index (χ1n) is 22.9. The van der Waals surface area contributed by atoms with Crippen molar-refractivity contribution in [3.8, 4) is 0 Å². The van der Waals surface area contributed by atoms with Gasteiger partial charge in [-0.25, -0.2) is 0 Å². The maximum absolute atomic E-state index is 12.6. The normalized spacial score (nSPS) is 11.9. The van der Waals surface area contributed by atoms with Crippen molar-refractivity contribution in [3.05, 3.63) is 0 Å². The Bertz CT molecular complexity index is 781. The van der Waals surface area contributed by atoms with Gasteiger partial charge in [0, 0.05) is 19.3 Å². The molecule has 6 heteroatoms. The monoisotopic (exact) mass is 737 g/mol. The summed E-state index contributed by atoms with van der Waals surface area (Å²) in [4.78, 5) is 37.4. The number of carbonyl (C=O) groups is 3. The molecule has 0 heterocycles. The molecule has 0 aliphatic carbocycles. The first kappa shape index (κ1) is 50.4. The predicted octanol–water partition coefficient (Wildman–Crippen LogP) is 14.3. The third-order valence-corrected chi connectivity index (χ3v) is 10.3. The third kappa shape index (κ3) is 39.6. The largest absolute Gasteiger partial charge is 0.462 e. The SMILES string of the molecule is CCCCCCCCCCCCCCCCCCCCC(=O)OC[C@@H](COC(=O)CCCCCCC)OC(=O)CCCCCCCCCCC(C)C. The van der Waals surface area contributed by atoms with E-state index in [1.165, 1.54) is 141 Å². The zero-order valence-corrected chi connectivity index (χ0v) is 35.3. The van der Waals surface area contributed by atoms with Gasteiger partial charge in [-0.15, -0.1) is 0 Å². The van der Waals surface area contributed by atoms with Crippen molar-refractivity contribution >= 4 is 17.9 Å². The summed E-state index contributed by atoms with van der Waals surface area (Å²) in [5.74, 6) is -0.0770. The molecule has 0 rings (SSSR count). The zero-order valence-electron chi connectivity index (χ0n) is 35.3. The summed E-state index contributed by atoms with van der Waals surface area (Å²) in [6.07, 6.45) is 39.8. The van der Waals surface area contributed by atoms with E-state index < -0.39 is 6.10 Å². The van der Waals surface area contributed by atoms with E-state index in [-0.39, 0.29) is 31.1 Å². The van der Waals surface area contributed by atoms with Crippen LogP contribution < -0.4 is 0 Å². The molecular formula is C46H88O6. The molecule has 0 saturated carbocycles. The minimum Gasteiger partial charge on any atom is -0.462 e. The highest BCUT2D eigenvalue weighted by Gasteiger charge is 2.19. The van der Waals surface area contributed by atoms with E-state index in [1.54, 1.807) is 0 Å². The van der Waals surface area contributed by atoms with Gasteiger partial charge in [0.1, 0.15) is 13.2 Å². The molecular weight excluding hydrogens is 648 g/mol. The van der Waals surface area contributed by atoms with Crippen LogP contribution in [-0.4, -0.2) is 37.2 Å². The summed E-state index contributed by atoms with van der Waals surface area (Å²) in [7, 11) is 0. The molecule has 0 bridgehead atoms. The van der Waals surface area contributed by atoms with Gasteiger partial charge in [-0.1, -0.05) is 214 Å². The summed E-state index contributed by atoms with van der Waals surface area (Å²) in [6.45, 7) is 8.88. The fourth-order valence-corrected chi connectivity index (χ4v) is 6.80. The fourth-order valence-electron chi connectivity index (χ4n) is 6.80. The van der Waals surface area contributed by atoms with E-state index in [0.29, 0.717) is 19.3 Å². The molecule has 0 spiro atoms. The standard InChI is InChI=1S/C46H88O6/c1-5-7-9-11-12-13-14-15-16-17-18-19-20-21-22-26-30-34-38-45(48)51-41-43(40-50-44(47)37-33-28-10-8-6-2)52-46(49)39-35-31-27-24-23-25-29-32-36-42(3)4/h42-43H,5-41H2,1-4H3/t43-/m1/s1. The summed E-state index contributed by atoms with van der Waals surface area (Å²) in [5, 5.41) is 0. The highest BCUT2D eigenvalue weighted by molar-refractivity contribution is 5.71. The summed E-state index contributed by atoms with van der Waals surface area (Å²) >= 11 is 0. The van der Waals surface area contributed by atoms with Gasteiger partial charge in [0.2, 0.25) is 0 Å². The molecule has 0 fully saturated rings. The van der Waals surface area contributed by atoms with Crippen molar-refractivity contribution in [1.82, 2.24) is 0 Å². The van der Waals surface area contributed by atoms with Crippen molar-refractivity contribution < 1.29 is 28.6 Å². The van der Waals surface area contributed by atoms with Crippen molar-refractivity contribution in [2.45, 2.75) is 259 Å². The molecule has 0 radical (unpaired) electrons. The number of carbonyl (C=O) groups excluding carboxylic acids is 3. The van der Waals surface area contributed by atoms with Crippen molar-refractivity contribution in [1.29, 1.82) is 0 Å². The first-order valence-corrected chi connectivity index (χ1v) is 22.9. The topological polar surface area (TPSA) is 78.9 Å². The predicted molar refractivity (Wildman–Crippen MR) is 220 cm³/mol. The van der Waals surface area contributed by atoms with Crippen LogP contribution in [0.3, 0.4) is 0 Å². The molecule has 308 valence electrons. The van der Waals surface area contributed by atoms with Gasteiger partial charge in [0.15, 0.2) is 6.10 Å². The molecule has 1 atom stereocenters. The van der Waals surface area contributed by atoms with Crippen LogP contribution in [0.4, 0.5) is 0 Å². The number of ether oxygens (including phenoxy) is 3. The van der Waals surface area contributed by atoms with Gasteiger partial charge in [-0.05, 0) is 25.2 Å². The molecule has 0 aromatic heterocycles. The summed E-state index contributed by atoms with van der Waals surface area (Å²) < 4.78 is 16.6. The van der Waals surface area contributed by atoms with Crippen LogP contribution in [0.15, 0.2) is 0 Å². The van der Waals surface area contributed by atoms with Crippen LogP contribution in [0.5, 0.6) is 0 Å². The molecule has 0 aromatic rings. The van der Waals surface area contributed by atoms with E-state index in [4.69, 9.17) is 14.2 Å². The quantitative estimate of drug-likeness (QED) is 0.0353. The Hall–Kier alpha value is -1.59. The van der Waals surface area contributed by atoms with Crippen molar-refractivity contribution in [2.75, 3.05) is 13.2 Å². The lowest BCUT2D eigenvalue weighted by Crippen LogP contribution is -2.30. The van der Waals surface area contributed by atoms with Gasteiger partial charge in [0.05, 0.1) is 0 Å². The van der Waals surface area contributed by atoms with Crippen molar-refractivity contribution in [3.63, 3.8) is 0 Å². The van der Waals surface area contributed by atoms with Crippen LogP contribution in [0.2, 0.25) is 0 Å². The third-order valence-electron chi connectivity index (χ3n) is 10.3. The number of hydrogen-bond acceptors (Lipinski definition) is 6. The average Bonchev–Trinajstić information content (AvgIpc) is 3.12. The second kappa shape index (κ2) is 40.6. The molecule has 0 aliphatic heterocycles. The lowest BCUT2D eigenvalue weighted by atomic mass is 10.0. The van der Waals surface area contributed by atoms with E-state index in [1.807, 2.05) is 0 Å². The average molecular weight is 737 g/mol. The molecule has 6 nitrogen and oxygen atoms in total. The minimum atomic E-state index is -0.758. The summed E-state index contributed by atoms with van der Waals surface area (Å²) in [6, 6.07) is 0. The Balaban J connectivity index is 4.12. The number of hydrogen-bond donors (Lipinski definition) is 0. The maximum atomic E-state index is 12.6. The van der Waals surface area contributed by atoms with Crippen LogP contribution in [0.25, 0.3) is 0 Å². The first-order chi connectivity index (χ1) is 25.4. The highest BCUT2D eigenvalue weighted by atomic mass is 16.6. The van der Waals surface area contributed by atoms with Crippen LogP contribution >= 0.6 is 0 Å². The lowest BCUT2D eigenvalue weighted by Gasteiger charge is -2.18. The number of esters is 3. The van der Waals surface area contributed by atoms with Gasteiger partial charge < -0.3 is 14.2 Å². The molecule has 0 aliphatic rings. The molecule has 52 heavy (non-hydrogen) atoms. The Labute approximate surface area is 323 Å². The van der Waals surface area contributed by atoms with Crippen LogP contribution in [-0.2, 0) is 28.6 Å². The summed E-state index contributed by atoms with van der Waals surface area (Å²) in [5.41, 5.74) is 0. The highest BCUT2D eigenvalue weighted by Crippen LogP contribution is 2.16. The van der Waals surface area contributed by atoms with Gasteiger partial charge in [0.25, 0.3) is 0 Å². The molecule has 0 aromatic carbocycles. The molecule has 0 unspecified atom stereocenters. The maximum Gasteiger partial charge on any atom is 0.306 e. The zero-order chi connectivity index (χ0) is 38.2.